The molecule has 0 aliphatic carbocycles. The maximum absolute atomic E-state index is 12.9. The second kappa shape index (κ2) is 7.60. The number of halogens is 1. The first kappa shape index (κ1) is 17.3. The van der Waals surface area contributed by atoms with Crippen molar-refractivity contribution in [3.8, 4) is 0 Å². The van der Waals surface area contributed by atoms with Gasteiger partial charge in [-0.05, 0) is 43.0 Å². The molecule has 2 heterocycles. The number of benzene rings is 1. The van der Waals surface area contributed by atoms with E-state index in [1.54, 1.807) is 5.38 Å². The van der Waals surface area contributed by atoms with E-state index in [2.05, 4.69) is 22.5 Å². The Bertz CT molecular complexity index is 762. The Morgan fingerprint density at radius 2 is 2.04 bits per heavy atom. The van der Waals surface area contributed by atoms with Crippen LogP contribution in [0.2, 0.25) is 0 Å². The molecule has 0 spiro atoms. The molecule has 1 aromatic heterocycles. The average molecular weight is 362 g/mol. The highest BCUT2D eigenvalue weighted by molar-refractivity contribution is 7.14. The number of amides is 3. The second-order valence-electron chi connectivity index (χ2n) is 6.12. The summed E-state index contributed by atoms with van der Waals surface area (Å²) >= 11 is 1.19. The van der Waals surface area contributed by atoms with Crippen molar-refractivity contribution >= 4 is 34.1 Å². The predicted octanol–water partition coefficient (Wildman–Crippen LogP) is 3.80. The molecule has 3 amide bonds. The molecule has 1 fully saturated rings. The van der Waals surface area contributed by atoms with Crippen molar-refractivity contribution in [3.63, 3.8) is 0 Å². The number of hydrogen-bond acceptors (Lipinski definition) is 4. The monoisotopic (exact) mass is 362 g/mol. The van der Waals surface area contributed by atoms with Crippen LogP contribution in [0.1, 0.15) is 30.3 Å². The van der Waals surface area contributed by atoms with Gasteiger partial charge in [-0.25, -0.2) is 14.2 Å². The minimum atomic E-state index is -0.494. The molecular formula is C17H19FN4O2S. The summed E-state index contributed by atoms with van der Waals surface area (Å²) < 4.78 is 12.9. The number of urea groups is 1. The van der Waals surface area contributed by atoms with Crippen molar-refractivity contribution in [2.75, 3.05) is 23.7 Å². The first-order valence-corrected chi connectivity index (χ1v) is 8.97. The number of rotatable bonds is 3. The number of carbonyl (C=O) groups excluding carboxylic acids is 2. The topological polar surface area (TPSA) is 74.3 Å². The molecule has 6 nitrogen and oxygen atoms in total. The fourth-order valence-electron chi connectivity index (χ4n) is 2.76. The zero-order valence-electron chi connectivity index (χ0n) is 13.8. The van der Waals surface area contributed by atoms with Crippen molar-refractivity contribution in [2.24, 2.45) is 5.92 Å². The third-order valence-electron chi connectivity index (χ3n) is 3.99. The molecule has 0 radical (unpaired) electrons. The van der Waals surface area contributed by atoms with Crippen molar-refractivity contribution < 1.29 is 14.0 Å². The van der Waals surface area contributed by atoms with Crippen LogP contribution < -0.4 is 10.6 Å². The van der Waals surface area contributed by atoms with Crippen LogP contribution >= 0.6 is 11.3 Å². The number of thiazole rings is 1. The molecule has 1 unspecified atom stereocenters. The normalized spacial score (nSPS) is 17.2. The maximum atomic E-state index is 12.9. The summed E-state index contributed by atoms with van der Waals surface area (Å²) in [5, 5.41) is 7.15. The Hall–Kier alpha value is -2.48. The van der Waals surface area contributed by atoms with Crippen LogP contribution in [0.4, 0.5) is 20.0 Å². The molecule has 2 aromatic rings. The Kier molecular flexibility index (Phi) is 5.28. The van der Waals surface area contributed by atoms with Gasteiger partial charge in [0, 0.05) is 24.2 Å². The van der Waals surface area contributed by atoms with E-state index in [4.69, 9.17) is 0 Å². The summed E-state index contributed by atoms with van der Waals surface area (Å²) in [4.78, 5) is 30.4. The fourth-order valence-corrected chi connectivity index (χ4v) is 3.44. The highest BCUT2D eigenvalue weighted by Gasteiger charge is 2.24. The van der Waals surface area contributed by atoms with Gasteiger partial charge in [-0.3, -0.25) is 10.1 Å². The molecule has 2 N–H and O–H groups in total. The summed E-state index contributed by atoms with van der Waals surface area (Å²) in [7, 11) is 0. The molecule has 8 heteroatoms. The highest BCUT2D eigenvalue weighted by atomic mass is 32.1. The molecule has 0 bridgehead atoms. The lowest BCUT2D eigenvalue weighted by molar-refractivity contribution is 0.0678. The zero-order chi connectivity index (χ0) is 17.8. The number of nitrogens with zero attached hydrogens (tertiary/aromatic N) is 2. The number of nitrogens with one attached hydrogen (secondary N) is 2. The molecule has 3 rings (SSSR count). The van der Waals surface area contributed by atoms with Crippen LogP contribution in [-0.2, 0) is 0 Å². The summed E-state index contributed by atoms with van der Waals surface area (Å²) in [6, 6.07) is 4.95. The van der Waals surface area contributed by atoms with Crippen LogP contribution in [0.3, 0.4) is 0 Å². The molecule has 1 aliphatic rings. The quantitative estimate of drug-likeness (QED) is 0.872. The SMILES string of the molecule is CC1CCCN(C(=O)c2csc(NC(=O)Nc3ccc(F)cc3)n2)C1. The second-order valence-corrected chi connectivity index (χ2v) is 6.98. The maximum Gasteiger partial charge on any atom is 0.325 e. The molecule has 1 atom stereocenters. The van der Waals surface area contributed by atoms with Gasteiger partial charge in [0.15, 0.2) is 5.13 Å². The Labute approximate surface area is 149 Å². The van der Waals surface area contributed by atoms with Crippen molar-refractivity contribution in [3.05, 3.63) is 41.2 Å². The van der Waals surface area contributed by atoms with Gasteiger partial charge in [0.05, 0.1) is 0 Å². The smallest absolute Gasteiger partial charge is 0.325 e. The van der Waals surface area contributed by atoms with Gasteiger partial charge in [0.1, 0.15) is 11.5 Å². The van der Waals surface area contributed by atoms with Crippen molar-refractivity contribution in [2.45, 2.75) is 19.8 Å². The number of anilines is 2. The number of hydrogen-bond donors (Lipinski definition) is 2. The van der Waals surface area contributed by atoms with E-state index in [1.165, 1.54) is 35.6 Å². The van der Waals surface area contributed by atoms with E-state index in [1.807, 2.05) is 4.90 Å². The largest absolute Gasteiger partial charge is 0.337 e. The molecule has 132 valence electrons. The Balaban J connectivity index is 1.58. The van der Waals surface area contributed by atoms with E-state index in [-0.39, 0.29) is 11.7 Å². The molecule has 1 aromatic carbocycles. The van der Waals surface area contributed by atoms with Crippen LogP contribution in [0, 0.1) is 11.7 Å². The van der Waals surface area contributed by atoms with Crippen LogP contribution in [0.15, 0.2) is 29.6 Å². The molecule has 0 saturated carbocycles. The molecule has 25 heavy (non-hydrogen) atoms. The van der Waals surface area contributed by atoms with Gasteiger partial charge in [0.2, 0.25) is 0 Å². The van der Waals surface area contributed by atoms with Crippen molar-refractivity contribution in [1.29, 1.82) is 0 Å². The summed E-state index contributed by atoms with van der Waals surface area (Å²) in [6.45, 7) is 3.62. The number of likely N-dealkylation sites (tertiary alicyclic amines) is 1. The summed E-state index contributed by atoms with van der Waals surface area (Å²) in [6.07, 6.45) is 2.14. The van der Waals surface area contributed by atoms with Gasteiger partial charge in [-0.1, -0.05) is 6.92 Å². The van der Waals surface area contributed by atoms with Gasteiger partial charge in [0.25, 0.3) is 5.91 Å². The lowest BCUT2D eigenvalue weighted by Gasteiger charge is -2.30. The zero-order valence-corrected chi connectivity index (χ0v) is 14.6. The molecular weight excluding hydrogens is 343 g/mol. The van der Waals surface area contributed by atoms with E-state index in [0.29, 0.717) is 22.4 Å². The summed E-state index contributed by atoms with van der Waals surface area (Å²) in [5.74, 6) is 0.0197. The third kappa shape index (κ3) is 4.54. The number of piperidine rings is 1. The average Bonchev–Trinajstić information content (AvgIpc) is 3.04. The molecule has 1 aliphatic heterocycles. The van der Waals surface area contributed by atoms with Gasteiger partial charge in [-0.15, -0.1) is 11.3 Å². The number of aromatic nitrogens is 1. The minimum Gasteiger partial charge on any atom is -0.337 e. The van der Waals surface area contributed by atoms with Gasteiger partial charge in [-0.2, -0.15) is 0 Å². The molecule has 1 saturated heterocycles. The fraction of sp³-hybridized carbons (Fsp3) is 0.353. The lowest BCUT2D eigenvalue weighted by Crippen LogP contribution is -2.39. The first-order valence-electron chi connectivity index (χ1n) is 8.09. The highest BCUT2D eigenvalue weighted by Crippen LogP contribution is 2.21. The minimum absolute atomic E-state index is 0.102. The first-order chi connectivity index (χ1) is 12.0. The van der Waals surface area contributed by atoms with Gasteiger partial charge >= 0.3 is 6.03 Å². The van der Waals surface area contributed by atoms with E-state index in [9.17, 15) is 14.0 Å². The third-order valence-corrected chi connectivity index (χ3v) is 4.75. The number of carbonyl (C=O) groups is 2. The van der Waals surface area contributed by atoms with E-state index in [0.717, 1.165) is 25.9 Å². The summed E-state index contributed by atoms with van der Waals surface area (Å²) in [5.41, 5.74) is 0.810. The lowest BCUT2D eigenvalue weighted by atomic mass is 10.0. The Morgan fingerprint density at radius 1 is 1.28 bits per heavy atom. The van der Waals surface area contributed by atoms with Crippen LogP contribution in [-0.4, -0.2) is 34.9 Å². The predicted molar refractivity (Wildman–Crippen MR) is 95.5 cm³/mol. The van der Waals surface area contributed by atoms with Crippen LogP contribution in [0.5, 0.6) is 0 Å². The standard InChI is InChI=1S/C17H19FN4O2S/c1-11-3-2-8-22(9-11)15(23)14-10-25-17(20-14)21-16(24)19-13-6-4-12(18)5-7-13/h4-7,10-11H,2-3,8-9H2,1H3,(H2,19,20,21,24). The van der Waals surface area contributed by atoms with Crippen LogP contribution in [0.25, 0.3) is 0 Å². The Morgan fingerprint density at radius 3 is 2.76 bits per heavy atom. The van der Waals surface area contributed by atoms with Gasteiger partial charge < -0.3 is 10.2 Å². The van der Waals surface area contributed by atoms with E-state index < -0.39 is 6.03 Å². The van der Waals surface area contributed by atoms with E-state index >= 15 is 0 Å². The van der Waals surface area contributed by atoms with Crippen molar-refractivity contribution in [1.82, 2.24) is 9.88 Å².